The van der Waals surface area contributed by atoms with Crippen molar-refractivity contribution < 1.29 is 9.53 Å². The zero-order chi connectivity index (χ0) is 15.2. The number of hydrogen-bond acceptors (Lipinski definition) is 3. The largest absolute Gasteiger partial charge is 0.383 e. The Hall–Kier alpha value is -1.91. The van der Waals surface area contributed by atoms with Gasteiger partial charge in [0.2, 0.25) is 5.24 Å². The maximum absolute atomic E-state index is 12.5. The van der Waals surface area contributed by atoms with Crippen molar-refractivity contribution >= 4 is 16.8 Å². The highest BCUT2D eigenvalue weighted by atomic mass is 35.5. The van der Waals surface area contributed by atoms with E-state index in [2.05, 4.69) is 0 Å². The first-order valence-corrected chi connectivity index (χ1v) is 6.96. The second-order valence-electron chi connectivity index (χ2n) is 4.59. The van der Waals surface area contributed by atoms with Crippen LogP contribution in [0, 0.1) is 0 Å². The van der Waals surface area contributed by atoms with Crippen molar-refractivity contribution in [2.24, 2.45) is 0 Å². The number of rotatable bonds is 6. The first-order valence-electron chi connectivity index (χ1n) is 6.59. The predicted octanol–water partition coefficient (Wildman–Crippen LogP) is 2.47. The summed E-state index contributed by atoms with van der Waals surface area (Å²) in [6.45, 7) is 0.835. The number of ether oxygens (including phenoxy) is 1. The van der Waals surface area contributed by atoms with Crippen LogP contribution >= 0.6 is 11.6 Å². The number of carbonyl (C=O) groups excluding carboxylic acids is 1. The van der Waals surface area contributed by atoms with Gasteiger partial charge in [-0.15, -0.1) is 0 Å². The topological polar surface area (TPSA) is 48.3 Å². The van der Waals surface area contributed by atoms with Crippen LogP contribution in [0.1, 0.15) is 5.56 Å². The van der Waals surface area contributed by atoms with Gasteiger partial charge in [-0.1, -0.05) is 36.4 Å². The molecule has 0 saturated carbocycles. The van der Waals surface area contributed by atoms with E-state index in [1.807, 2.05) is 36.4 Å². The molecule has 0 N–H and O–H groups in total. The lowest BCUT2D eigenvalue weighted by atomic mass is 10.1. The third kappa shape index (κ3) is 3.80. The molecule has 2 rings (SSSR count). The molecule has 0 saturated heterocycles. The number of carbonyl (C=O) groups is 1. The lowest BCUT2D eigenvalue weighted by Crippen LogP contribution is -2.27. The molecule has 21 heavy (non-hydrogen) atoms. The van der Waals surface area contributed by atoms with Crippen LogP contribution in [-0.4, -0.2) is 23.5 Å². The molecule has 0 aliphatic carbocycles. The van der Waals surface area contributed by atoms with E-state index in [-0.39, 0.29) is 12.0 Å². The molecule has 1 aromatic carbocycles. The van der Waals surface area contributed by atoms with Gasteiger partial charge in [-0.25, -0.2) is 0 Å². The van der Waals surface area contributed by atoms with Crippen LogP contribution < -0.4 is 5.56 Å². The van der Waals surface area contributed by atoms with Gasteiger partial charge in [-0.3, -0.25) is 9.59 Å². The van der Waals surface area contributed by atoms with Gasteiger partial charge in [0.25, 0.3) is 5.56 Å². The van der Waals surface area contributed by atoms with E-state index in [4.69, 9.17) is 16.3 Å². The molecular formula is C16H16ClNO3. The summed E-state index contributed by atoms with van der Waals surface area (Å²) in [7, 11) is 1.58. The van der Waals surface area contributed by atoms with Crippen molar-refractivity contribution in [2.75, 3.05) is 13.7 Å². The van der Waals surface area contributed by atoms with Crippen LogP contribution in [0.4, 0.5) is 0 Å². The summed E-state index contributed by atoms with van der Waals surface area (Å²) in [4.78, 5) is 23.5. The zero-order valence-corrected chi connectivity index (χ0v) is 12.5. The van der Waals surface area contributed by atoms with Crippen molar-refractivity contribution in [2.45, 2.75) is 13.0 Å². The standard InChI is InChI=1S/C16H16ClNO3/c1-21-10-9-18-14(12-5-3-2-4-6-12)8-7-13(16(18)20)11-15(17)19/h2-8H,9-11H2,1H3. The lowest BCUT2D eigenvalue weighted by Gasteiger charge is -2.14. The maximum atomic E-state index is 12.5. The minimum atomic E-state index is -0.544. The van der Waals surface area contributed by atoms with Crippen molar-refractivity contribution in [3.63, 3.8) is 0 Å². The summed E-state index contributed by atoms with van der Waals surface area (Å²) < 4.78 is 6.68. The summed E-state index contributed by atoms with van der Waals surface area (Å²) in [6, 6.07) is 13.1. The zero-order valence-electron chi connectivity index (χ0n) is 11.7. The smallest absolute Gasteiger partial charge is 0.254 e. The third-order valence-corrected chi connectivity index (χ3v) is 3.30. The summed E-state index contributed by atoms with van der Waals surface area (Å²) in [5, 5.41) is -0.544. The van der Waals surface area contributed by atoms with Crippen LogP contribution in [0.15, 0.2) is 47.3 Å². The number of aromatic nitrogens is 1. The summed E-state index contributed by atoms with van der Waals surface area (Å²) in [5.41, 5.74) is 1.92. The van der Waals surface area contributed by atoms with E-state index in [0.29, 0.717) is 18.7 Å². The molecule has 110 valence electrons. The van der Waals surface area contributed by atoms with Crippen LogP contribution in [-0.2, 0) is 22.5 Å². The molecular weight excluding hydrogens is 290 g/mol. The Bertz CT molecular complexity index is 680. The molecule has 0 radical (unpaired) electrons. The van der Waals surface area contributed by atoms with Gasteiger partial charge in [0.1, 0.15) is 0 Å². The van der Waals surface area contributed by atoms with Gasteiger partial charge < -0.3 is 9.30 Å². The monoisotopic (exact) mass is 305 g/mol. The predicted molar refractivity (Wildman–Crippen MR) is 82.6 cm³/mol. The highest BCUT2D eigenvalue weighted by Gasteiger charge is 2.12. The fourth-order valence-corrected chi connectivity index (χ4v) is 2.32. The van der Waals surface area contributed by atoms with Gasteiger partial charge >= 0.3 is 0 Å². The van der Waals surface area contributed by atoms with Gasteiger partial charge in [-0.2, -0.15) is 0 Å². The first kappa shape index (κ1) is 15.5. The minimum Gasteiger partial charge on any atom is -0.383 e. The number of halogens is 1. The molecule has 1 heterocycles. The number of benzene rings is 1. The van der Waals surface area contributed by atoms with Gasteiger partial charge in [0.15, 0.2) is 0 Å². The second kappa shape index (κ2) is 7.20. The molecule has 0 fully saturated rings. The van der Waals surface area contributed by atoms with E-state index in [0.717, 1.165) is 11.3 Å². The molecule has 5 heteroatoms. The average molecular weight is 306 g/mol. The molecule has 1 aromatic heterocycles. The Kier molecular flexibility index (Phi) is 5.31. The van der Waals surface area contributed by atoms with Crippen LogP contribution in [0.5, 0.6) is 0 Å². The first-order chi connectivity index (χ1) is 10.1. The minimum absolute atomic E-state index is 0.0670. The maximum Gasteiger partial charge on any atom is 0.254 e. The van der Waals surface area contributed by atoms with E-state index < -0.39 is 5.24 Å². The van der Waals surface area contributed by atoms with E-state index in [9.17, 15) is 9.59 Å². The molecule has 0 atom stereocenters. The second-order valence-corrected chi connectivity index (χ2v) is 5.01. The number of methoxy groups -OCH3 is 1. The van der Waals surface area contributed by atoms with Crippen molar-refractivity contribution in [1.82, 2.24) is 4.57 Å². The molecule has 2 aromatic rings. The Morgan fingerprint density at radius 1 is 1.19 bits per heavy atom. The van der Waals surface area contributed by atoms with Gasteiger partial charge in [0, 0.05) is 19.2 Å². The molecule has 0 aliphatic heterocycles. The molecule has 0 unspecified atom stereocenters. The molecule has 0 spiro atoms. The molecule has 0 aliphatic rings. The fourth-order valence-electron chi connectivity index (χ4n) is 2.17. The van der Waals surface area contributed by atoms with Gasteiger partial charge in [-0.05, 0) is 23.2 Å². The highest BCUT2D eigenvalue weighted by Crippen LogP contribution is 2.18. The van der Waals surface area contributed by atoms with E-state index in [1.54, 1.807) is 17.7 Å². The summed E-state index contributed by atoms with van der Waals surface area (Å²) >= 11 is 5.39. The van der Waals surface area contributed by atoms with Crippen LogP contribution in [0.3, 0.4) is 0 Å². The van der Waals surface area contributed by atoms with Crippen molar-refractivity contribution in [3.05, 3.63) is 58.4 Å². The lowest BCUT2D eigenvalue weighted by molar-refractivity contribution is -0.111. The third-order valence-electron chi connectivity index (χ3n) is 3.17. The SMILES string of the molecule is COCCn1c(-c2ccccc2)ccc(CC(=O)Cl)c1=O. The summed E-state index contributed by atoms with van der Waals surface area (Å²) in [6.07, 6.45) is -0.0670. The number of nitrogens with zero attached hydrogens (tertiary/aromatic N) is 1. The molecule has 4 nitrogen and oxygen atoms in total. The van der Waals surface area contributed by atoms with Crippen LogP contribution in [0.25, 0.3) is 11.3 Å². The van der Waals surface area contributed by atoms with Gasteiger partial charge in [0.05, 0.1) is 18.7 Å². The average Bonchev–Trinajstić information content (AvgIpc) is 2.48. The highest BCUT2D eigenvalue weighted by molar-refractivity contribution is 6.63. The molecule has 0 amide bonds. The number of pyridine rings is 1. The van der Waals surface area contributed by atoms with E-state index in [1.165, 1.54) is 0 Å². The Morgan fingerprint density at radius 2 is 1.90 bits per heavy atom. The quantitative estimate of drug-likeness (QED) is 0.770. The fraction of sp³-hybridized carbons (Fsp3) is 0.250. The summed E-state index contributed by atoms with van der Waals surface area (Å²) in [5.74, 6) is 0. The van der Waals surface area contributed by atoms with Crippen molar-refractivity contribution in [3.8, 4) is 11.3 Å². The number of hydrogen-bond donors (Lipinski definition) is 0. The normalized spacial score (nSPS) is 10.6. The van der Waals surface area contributed by atoms with Crippen LogP contribution in [0.2, 0.25) is 0 Å². The Labute approximate surface area is 127 Å². The van der Waals surface area contributed by atoms with E-state index >= 15 is 0 Å². The Balaban J connectivity index is 2.52. The Morgan fingerprint density at radius 3 is 2.52 bits per heavy atom. The van der Waals surface area contributed by atoms with Crippen molar-refractivity contribution in [1.29, 1.82) is 0 Å². The molecule has 0 bridgehead atoms.